The van der Waals surface area contributed by atoms with E-state index in [0.29, 0.717) is 0 Å². The molecule has 0 saturated carbocycles. The molecule has 2 amide bonds. The molecule has 0 aromatic rings. The minimum atomic E-state index is -2.68. The summed E-state index contributed by atoms with van der Waals surface area (Å²) in [7, 11) is 7.47. The monoisotopic (exact) mass is 458 g/mol. The lowest BCUT2D eigenvalue weighted by Crippen LogP contribution is -2.19. The third-order valence-corrected chi connectivity index (χ3v) is 15.3. The van der Waals surface area contributed by atoms with E-state index in [4.69, 9.17) is 25.4 Å². The lowest BCUT2D eigenvalue weighted by Gasteiger charge is -2.15. The minimum Gasteiger partial charge on any atom is -0.358 e. The molecule has 0 aliphatic heterocycles. The largest absolute Gasteiger partial charge is 0.358 e. The molecule has 2 N–H and O–H groups in total. The average Bonchev–Trinajstić information content (AvgIpc) is 2.63. The summed E-state index contributed by atoms with van der Waals surface area (Å²) >= 11 is 8.43. The minimum absolute atomic E-state index is 0.0803. The number of carbonyl (C=O) groups excluding carboxylic acids is 2. The second-order valence-corrected chi connectivity index (χ2v) is 17.7. The summed E-state index contributed by atoms with van der Waals surface area (Å²) in [5, 5.41) is 4.93. The summed E-state index contributed by atoms with van der Waals surface area (Å²) in [5.74, 6) is -2.46. The summed E-state index contributed by atoms with van der Waals surface area (Å²) in [6.45, 7) is 0. The van der Waals surface area contributed by atoms with E-state index in [1.165, 1.54) is 32.7 Å². The molecule has 0 aliphatic carbocycles. The van der Waals surface area contributed by atoms with Crippen LogP contribution in [0.25, 0.3) is 0 Å². The van der Waals surface area contributed by atoms with Crippen molar-refractivity contribution in [1.82, 2.24) is 10.6 Å². The lowest BCUT2D eigenvalue weighted by molar-refractivity contribution is -0.118. The maximum absolute atomic E-state index is 11.5. The van der Waals surface area contributed by atoms with E-state index < -0.39 is 11.5 Å². The fourth-order valence-corrected chi connectivity index (χ4v) is 7.60. The molecule has 8 nitrogen and oxygen atoms in total. The van der Waals surface area contributed by atoms with Crippen LogP contribution in [-0.2, 0) is 39.5 Å². The predicted octanol–water partition coefficient (Wildman–Crippen LogP) is 2.57. The Kier molecular flexibility index (Phi) is 16.7. The molecule has 1 atom stereocenters. The van der Waals surface area contributed by atoms with Gasteiger partial charge in [-0.25, -0.2) is 0 Å². The van der Waals surface area contributed by atoms with E-state index in [0.717, 1.165) is 22.8 Å². The molecule has 0 aromatic heterocycles. The van der Waals surface area contributed by atoms with Gasteiger partial charge in [0.25, 0.3) is 0 Å². The van der Waals surface area contributed by atoms with E-state index in [1.807, 2.05) is 0 Å². The molecule has 0 aliphatic rings. The van der Waals surface area contributed by atoms with Crippen LogP contribution in [0.4, 0.5) is 0 Å². The molecule has 0 rings (SSSR count). The number of amides is 2. The summed E-state index contributed by atoms with van der Waals surface area (Å²) < 4.78 is 26.2. The lowest BCUT2D eigenvalue weighted by atomic mass is 10.7. The second-order valence-electron chi connectivity index (χ2n) is 3.52. The Morgan fingerprint density at radius 2 is 1.38 bits per heavy atom. The zero-order chi connectivity index (χ0) is 19.2. The van der Waals surface area contributed by atoms with Crippen molar-refractivity contribution >= 4 is 69.2 Å². The first-order valence-electron chi connectivity index (χ1n) is 6.29. The first-order valence-corrected chi connectivity index (χ1v) is 15.6. The maximum Gasteiger partial charge on any atom is 0.313 e. The van der Waals surface area contributed by atoms with Crippen molar-refractivity contribution in [3.8, 4) is 0 Å². The number of carbonyl (C=O) groups is 2. The van der Waals surface area contributed by atoms with Crippen molar-refractivity contribution in [3.05, 3.63) is 0 Å². The number of nitrogens with one attached hydrogen (secondary N) is 2. The number of rotatable bonds is 10. The van der Waals surface area contributed by atoms with E-state index >= 15 is 0 Å². The van der Waals surface area contributed by atoms with Crippen molar-refractivity contribution < 1.29 is 27.7 Å². The Labute approximate surface area is 160 Å². The van der Waals surface area contributed by atoms with Gasteiger partial charge in [0.1, 0.15) is 0 Å². The van der Waals surface area contributed by atoms with Crippen LogP contribution >= 0.6 is 45.6 Å². The third-order valence-electron chi connectivity index (χ3n) is 2.16. The van der Waals surface area contributed by atoms with Crippen LogP contribution in [0.1, 0.15) is 0 Å². The van der Waals surface area contributed by atoms with Gasteiger partial charge >= 0.3 is 5.77 Å². The average molecular weight is 459 g/mol. The van der Waals surface area contributed by atoms with Gasteiger partial charge < -0.3 is 24.2 Å². The van der Waals surface area contributed by atoms with Gasteiger partial charge in [0.2, 0.25) is 17.5 Å². The first-order chi connectivity index (χ1) is 11.2. The fourth-order valence-electron chi connectivity index (χ4n) is 0.780. The molecule has 0 fully saturated rings. The molecule has 0 spiro atoms. The summed E-state index contributed by atoms with van der Waals surface area (Å²) in [6.07, 6.45) is 1.70. The van der Waals surface area contributed by atoms with E-state index in [1.54, 1.807) is 20.4 Å². The molecule has 0 saturated heterocycles. The van der Waals surface area contributed by atoms with Gasteiger partial charge in [-0.15, -0.1) is 0 Å². The summed E-state index contributed by atoms with van der Waals surface area (Å²) in [6, 6.07) is 0. The van der Waals surface area contributed by atoms with Crippen molar-refractivity contribution in [2.24, 2.45) is 0 Å². The molecule has 0 heterocycles. The van der Waals surface area contributed by atoms with Gasteiger partial charge in [0, 0.05) is 35.4 Å². The van der Waals surface area contributed by atoms with Crippen LogP contribution in [0, 0.1) is 0 Å². The molecule has 0 bridgehead atoms. The number of hydrogen-bond acceptors (Lipinski definition) is 10. The summed E-state index contributed by atoms with van der Waals surface area (Å²) in [5.41, 5.74) is -2.26. The van der Waals surface area contributed by atoms with Gasteiger partial charge in [-0.05, 0) is 29.4 Å². The maximum atomic E-state index is 11.5. The van der Waals surface area contributed by atoms with Gasteiger partial charge in [0.05, 0.1) is 11.5 Å². The van der Waals surface area contributed by atoms with Gasteiger partial charge in [-0.3, -0.25) is 14.2 Å². The normalized spacial score (nSPS) is 13.2. The Balaban J connectivity index is 0. The smallest absolute Gasteiger partial charge is 0.313 e. The topological polar surface area (TPSA) is 103 Å². The molecule has 0 radical (unpaired) electrons. The Hall–Kier alpha value is 0.750. The van der Waals surface area contributed by atoms with Gasteiger partial charge in [0.15, 0.2) is 0 Å². The van der Waals surface area contributed by atoms with Gasteiger partial charge in [-0.1, -0.05) is 22.8 Å². The van der Waals surface area contributed by atoms with Crippen molar-refractivity contribution in [3.63, 3.8) is 0 Å². The van der Waals surface area contributed by atoms with E-state index in [9.17, 15) is 14.2 Å². The second kappa shape index (κ2) is 14.9. The van der Waals surface area contributed by atoms with Crippen LogP contribution in [0.2, 0.25) is 0 Å². The van der Waals surface area contributed by atoms with Crippen LogP contribution in [-0.4, -0.2) is 65.0 Å². The molecular weight excluding hydrogens is 434 g/mol. The Morgan fingerprint density at radius 1 is 0.958 bits per heavy atom. The van der Waals surface area contributed by atoms with Crippen molar-refractivity contribution in [2.75, 3.05) is 53.2 Å². The molecule has 144 valence electrons. The predicted molar refractivity (Wildman–Crippen MR) is 109 cm³/mol. The highest BCUT2D eigenvalue weighted by Gasteiger charge is 2.21. The van der Waals surface area contributed by atoms with Crippen LogP contribution < -0.4 is 10.6 Å². The zero-order valence-electron chi connectivity index (χ0n) is 14.4. The quantitative estimate of drug-likeness (QED) is 0.475. The van der Waals surface area contributed by atoms with Crippen LogP contribution in [0.5, 0.6) is 0 Å². The highest BCUT2D eigenvalue weighted by Crippen LogP contribution is 2.68. The van der Waals surface area contributed by atoms with Crippen LogP contribution in [0.3, 0.4) is 0 Å². The Bertz CT molecular complexity index is 424. The summed E-state index contributed by atoms with van der Waals surface area (Å²) in [4.78, 5) is 21.6. The highest BCUT2D eigenvalue weighted by atomic mass is 33.1. The SMILES string of the molecule is CNC(=O)CSP(=O)(OC)SC.CNC(=O)CSP(=S)(OC)OC. The van der Waals surface area contributed by atoms with Crippen molar-refractivity contribution in [2.45, 2.75) is 0 Å². The molecule has 14 heteroatoms. The highest BCUT2D eigenvalue weighted by molar-refractivity contribution is 8.89. The molecule has 1 unspecified atom stereocenters. The van der Waals surface area contributed by atoms with E-state index in [2.05, 4.69) is 10.6 Å². The third kappa shape index (κ3) is 13.0. The standard InChI is InChI=1S/2C5H12NO3PS2/c1-6-5(7)4-12-10(8,9-2)11-3;1-6-5(7)4-12-10(11,8-2)9-3/h2*4H2,1-3H3,(H,6,7). The number of hydrogen-bond donors (Lipinski definition) is 2. The first kappa shape index (κ1) is 27.0. The van der Waals surface area contributed by atoms with Crippen LogP contribution in [0.15, 0.2) is 0 Å². The zero-order valence-corrected chi connectivity index (χ0v) is 19.4. The fraction of sp³-hybridized carbons (Fsp3) is 0.800. The van der Waals surface area contributed by atoms with Crippen molar-refractivity contribution in [1.29, 1.82) is 0 Å². The molecule has 24 heavy (non-hydrogen) atoms. The van der Waals surface area contributed by atoms with E-state index in [-0.39, 0.29) is 23.3 Å². The Morgan fingerprint density at radius 3 is 1.67 bits per heavy atom. The molecular formula is C10H24N2O6P2S4. The van der Waals surface area contributed by atoms with Gasteiger partial charge in [-0.2, -0.15) is 0 Å². The molecule has 0 aromatic carbocycles.